The average Bonchev–Trinajstić information content (AvgIpc) is 2.77. The Hall–Kier alpha value is -3.09. The molecule has 0 fully saturated rings. The number of carbonyl (C=O) groups excluding carboxylic acids is 1. The summed E-state index contributed by atoms with van der Waals surface area (Å²) in [6, 6.07) is 9.03. The molecular formula is C20H22N2O5. The lowest BCUT2D eigenvalue weighted by Crippen LogP contribution is -2.30. The van der Waals surface area contributed by atoms with Crippen LogP contribution in [0.4, 0.5) is 0 Å². The molecule has 0 spiro atoms. The summed E-state index contributed by atoms with van der Waals surface area (Å²) >= 11 is 0. The Balaban J connectivity index is 2.32. The fraction of sp³-hybridized carbons (Fsp3) is 0.350. The Kier molecular flexibility index (Phi) is 5.03. The highest BCUT2D eigenvalue weighted by molar-refractivity contribution is 6.17. The highest BCUT2D eigenvalue weighted by atomic mass is 16.5. The number of benzene rings is 1. The number of esters is 1. The van der Waals surface area contributed by atoms with Crippen molar-refractivity contribution in [1.82, 2.24) is 9.55 Å². The summed E-state index contributed by atoms with van der Waals surface area (Å²) < 4.78 is 17.8. The third-order valence-corrected chi connectivity index (χ3v) is 4.15. The zero-order chi connectivity index (χ0) is 19.6. The van der Waals surface area contributed by atoms with Crippen LogP contribution in [0.15, 0.2) is 41.2 Å². The van der Waals surface area contributed by atoms with E-state index in [2.05, 4.69) is 4.98 Å². The van der Waals surface area contributed by atoms with E-state index in [1.807, 2.05) is 19.9 Å². The maximum Gasteiger partial charge on any atom is 0.338 e. The second kappa shape index (κ2) is 7.26. The second-order valence-electron chi connectivity index (χ2n) is 6.66. The van der Waals surface area contributed by atoms with Gasteiger partial charge in [-0.15, -0.1) is 0 Å². The molecule has 0 radical (unpaired) electrons. The number of ether oxygens (including phenoxy) is 3. The number of aromatic nitrogens is 2. The Morgan fingerprint density at radius 1 is 1.30 bits per heavy atom. The predicted octanol–water partition coefficient (Wildman–Crippen LogP) is 2.75. The molecule has 0 amide bonds. The molecule has 0 aliphatic carbocycles. The molecule has 1 aliphatic heterocycles. The predicted molar refractivity (Wildman–Crippen MR) is 100 cm³/mol. The number of methoxy groups -OCH3 is 1. The number of rotatable bonds is 4. The molecule has 1 aromatic carbocycles. The van der Waals surface area contributed by atoms with E-state index in [0.29, 0.717) is 12.1 Å². The van der Waals surface area contributed by atoms with Crippen molar-refractivity contribution in [3.8, 4) is 17.6 Å². The van der Waals surface area contributed by atoms with Crippen LogP contribution in [-0.4, -0.2) is 34.8 Å². The van der Waals surface area contributed by atoms with Gasteiger partial charge >= 0.3 is 12.0 Å². The summed E-state index contributed by atoms with van der Waals surface area (Å²) in [6.45, 7) is 5.63. The average molecular weight is 370 g/mol. The molecule has 2 aromatic rings. The fourth-order valence-corrected chi connectivity index (χ4v) is 2.88. The summed E-state index contributed by atoms with van der Waals surface area (Å²) in [7, 11) is 1.43. The van der Waals surface area contributed by atoms with Crippen LogP contribution < -0.4 is 15.0 Å². The number of carbonyl (C=O) groups is 1. The maximum atomic E-state index is 13.4. The largest absolute Gasteiger partial charge is 0.471 e. The van der Waals surface area contributed by atoms with Crippen LogP contribution in [-0.2, 0) is 9.53 Å². The van der Waals surface area contributed by atoms with E-state index in [-0.39, 0.29) is 29.6 Å². The highest BCUT2D eigenvalue weighted by Crippen LogP contribution is 2.33. The fourth-order valence-electron chi connectivity index (χ4n) is 2.88. The first kappa shape index (κ1) is 18.7. The zero-order valence-electron chi connectivity index (χ0n) is 15.8. The van der Waals surface area contributed by atoms with Crippen LogP contribution in [0, 0.1) is 0 Å². The quantitative estimate of drug-likeness (QED) is 0.770. The maximum absolute atomic E-state index is 13.4. The number of para-hydroxylation sites is 1. The van der Waals surface area contributed by atoms with Crippen molar-refractivity contribution in [1.29, 1.82) is 0 Å². The van der Waals surface area contributed by atoms with Crippen LogP contribution in [0.2, 0.25) is 0 Å². The van der Waals surface area contributed by atoms with Crippen molar-refractivity contribution < 1.29 is 19.0 Å². The molecule has 0 bridgehead atoms. The molecule has 1 aliphatic rings. The third-order valence-electron chi connectivity index (χ3n) is 4.15. The van der Waals surface area contributed by atoms with Crippen LogP contribution in [0.3, 0.4) is 0 Å². The van der Waals surface area contributed by atoms with Crippen molar-refractivity contribution in [3.05, 3.63) is 52.3 Å². The summed E-state index contributed by atoms with van der Waals surface area (Å²) in [5.41, 5.74) is -0.306. The van der Waals surface area contributed by atoms with E-state index in [1.165, 1.54) is 11.7 Å². The van der Waals surface area contributed by atoms with E-state index in [0.717, 1.165) is 0 Å². The van der Waals surface area contributed by atoms with Gasteiger partial charge in [0.1, 0.15) is 11.2 Å². The lowest BCUT2D eigenvalue weighted by molar-refractivity contribution is -0.136. The first-order valence-corrected chi connectivity index (χ1v) is 8.71. The molecular weight excluding hydrogens is 348 g/mol. The van der Waals surface area contributed by atoms with Gasteiger partial charge in [-0.3, -0.25) is 4.79 Å². The van der Waals surface area contributed by atoms with E-state index < -0.39 is 17.1 Å². The summed E-state index contributed by atoms with van der Waals surface area (Å²) in [5.74, 6) is -0.519. The third kappa shape index (κ3) is 3.58. The molecule has 7 nitrogen and oxygen atoms in total. The molecule has 3 rings (SSSR count). The van der Waals surface area contributed by atoms with Gasteiger partial charge in [0.2, 0.25) is 5.88 Å². The molecule has 0 saturated carbocycles. The van der Waals surface area contributed by atoms with Crippen LogP contribution >= 0.6 is 0 Å². The van der Waals surface area contributed by atoms with Gasteiger partial charge in [0.25, 0.3) is 5.56 Å². The van der Waals surface area contributed by atoms with Gasteiger partial charge in [0.15, 0.2) is 0 Å². The van der Waals surface area contributed by atoms with Crippen molar-refractivity contribution >= 4 is 11.5 Å². The topological polar surface area (TPSA) is 79.7 Å². The minimum atomic E-state index is -0.646. The van der Waals surface area contributed by atoms with Crippen molar-refractivity contribution in [3.63, 3.8) is 0 Å². The number of hydrogen-bond donors (Lipinski definition) is 0. The molecule has 0 N–H and O–H groups in total. The number of fused-ring (bicyclic) bond motifs is 1. The molecule has 27 heavy (non-hydrogen) atoms. The van der Waals surface area contributed by atoms with Gasteiger partial charge < -0.3 is 14.2 Å². The minimum absolute atomic E-state index is 0.0610. The molecule has 0 atom stereocenters. The normalized spacial score (nSPS) is 15.0. The highest BCUT2D eigenvalue weighted by Gasteiger charge is 2.33. The van der Waals surface area contributed by atoms with Gasteiger partial charge in [-0.2, -0.15) is 4.98 Å². The summed E-state index contributed by atoms with van der Waals surface area (Å²) in [5, 5.41) is 0. The summed E-state index contributed by atoms with van der Waals surface area (Å²) in [6.07, 6.45) is 2.10. The van der Waals surface area contributed by atoms with E-state index >= 15 is 0 Å². The minimum Gasteiger partial charge on any atom is -0.471 e. The lowest BCUT2D eigenvalue weighted by Gasteiger charge is -2.24. The van der Waals surface area contributed by atoms with Gasteiger partial charge in [-0.25, -0.2) is 9.36 Å². The van der Waals surface area contributed by atoms with Gasteiger partial charge in [0.05, 0.1) is 25.0 Å². The lowest BCUT2D eigenvalue weighted by atomic mass is 10.0. The van der Waals surface area contributed by atoms with Crippen molar-refractivity contribution in [2.45, 2.75) is 32.8 Å². The monoisotopic (exact) mass is 370 g/mol. The van der Waals surface area contributed by atoms with Crippen LogP contribution in [0.5, 0.6) is 11.9 Å². The van der Waals surface area contributed by atoms with Gasteiger partial charge in [0, 0.05) is 6.42 Å². The molecule has 142 valence electrons. The molecule has 1 aromatic heterocycles. The Labute approximate surface area is 157 Å². The molecule has 2 heterocycles. The van der Waals surface area contributed by atoms with Gasteiger partial charge in [-0.05, 0) is 32.9 Å². The van der Waals surface area contributed by atoms with Crippen molar-refractivity contribution in [2.75, 3.05) is 13.7 Å². The van der Waals surface area contributed by atoms with Crippen molar-refractivity contribution in [2.24, 2.45) is 0 Å². The molecule has 7 heteroatoms. The Bertz CT molecular complexity index is 945. The smallest absolute Gasteiger partial charge is 0.338 e. The molecule has 0 unspecified atom stereocenters. The first-order valence-electron chi connectivity index (χ1n) is 8.71. The zero-order valence-corrected chi connectivity index (χ0v) is 15.8. The standard InChI is InChI=1S/C20H22N2O5/c1-5-26-18(24)14-11-12-20(2,3)27-16-15(14)17(23)22(19(21-16)25-4)13-9-7-6-8-10-13/h6-11H,5,12H2,1-4H3. The van der Waals surface area contributed by atoms with Crippen LogP contribution in [0.1, 0.15) is 32.8 Å². The Morgan fingerprint density at radius 2 is 2.00 bits per heavy atom. The number of hydrogen-bond acceptors (Lipinski definition) is 6. The molecule has 0 saturated heterocycles. The summed E-state index contributed by atoms with van der Waals surface area (Å²) in [4.78, 5) is 30.3. The Morgan fingerprint density at radius 3 is 2.63 bits per heavy atom. The van der Waals surface area contributed by atoms with E-state index in [9.17, 15) is 9.59 Å². The number of nitrogens with zero attached hydrogens (tertiary/aromatic N) is 2. The van der Waals surface area contributed by atoms with Crippen LogP contribution in [0.25, 0.3) is 11.3 Å². The first-order chi connectivity index (χ1) is 12.9. The van der Waals surface area contributed by atoms with E-state index in [4.69, 9.17) is 14.2 Å². The van der Waals surface area contributed by atoms with E-state index in [1.54, 1.807) is 37.3 Å². The SMILES string of the molecule is CCOC(=O)C1=CCC(C)(C)Oc2nc(OC)n(-c3ccccc3)c(=O)c21. The second-order valence-corrected chi connectivity index (χ2v) is 6.66. The van der Waals surface area contributed by atoms with Gasteiger partial charge in [-0.1, -0.05) is 24.3 Å².